The van der Waals surface area contributed by atoms with Gasteiger partial charge in [0, 0.05) is 6.04 Å². The number of hydrogen-bond acceptors (Lipinski definition) is 4. The zero-order chi connectivity index (χ0) is 15.1. The minimum atomic E-state index is -0.0589. The average Bonchev–Trinajstić information content (AvgIpc) is 2.99. The summed E-state index contributed by atoms with van der Waals surface area (Å²) in [5.74, 6) is 1.40. The highest BCUT2D eigenvalue weighted by atomic mass is 16.5. The highest BCUT2D eigenvalue weighted by Gasteiger charge is 2.17. The average molecular weight is 292 g/mol. The first kappa shape index (κ1) is 15.6. The maximum Gasteiger partial charge on any atom is 0.258 e. The molecule has 0 aliphatic heterocycles. The first-order valence-electron chi connectivity index (χ1n) is 7.52. The fraction of sp³-hybridized carbons (Fsp3) is 0.562. The summed E-state index contributed by atoms with van der Waals surface area (Å²) in [6, 6.07) is 5.87. The third kappa shape index (κ3) is 4.63. The zero-order valence-corrected chi connectivity index (χ0v) is 12.6. The molecule has 5 nitrogen and oxygen atoms in total. The summed E-state index contributed by atoms with van der Waals surface area (Å²) < 4.78 is 10.8. The van der Waals surface area contributed by atoms with E-state index in [-0.39, 0.29) is 12.5 Å². The second-order valence-electron chi connectivity index (χ2n) is 5.35. The third-order valence-electron chi connectivity index (χ3n) is 3.76. The Morgan fingerprint density at radius 3 is 2.81 bits per heavy atom. The van der Waals surface area contributed by atoms with E-state index in [9.17, 15) is 4.79 Å². The molecule has 0 aromatic heterocycles. The molecule has 1 aliphatic carbocycles. The number of benzene rings is 1. The molecule has 1 amide bonds. The van der Waals surface area contributed by atoms with E-state index in [0.717, 1.165) is 24.2 Å². The van der Waals surface area contributed by atoms with Crippen molar-refractivity contribution in [2.24, 2.45) is 5.73 Å². The lowest BCUT2D eigenvalue weighted by Crippen LogP contribution is -2.36. The maximum absolute atomic E-state index is 11.9. The molecule has 1 aromatic carbocycles. The van der Waals surface area contributed by atoms with Gasteiger partial charge >= 0.3 is 0 Å². The predicted molar refractivity (Wildman–Crippen MR) is 81.6 cm³/mol. The quantitative estimate of drug-likeness (QED) is 0.801. The summed E-state index contributed by atoms with van der Waals surface area (Å²) in [6.07, 6.45) is 5.24. The van der Waals surface area contributed by atoms with Crippen molar-refractivity contribution in [2.45, 2.75) is 38.1 Å². The van der Waals surface area contributed by atoms with Gasteiger partial charge in [0.15, 0.2) is 6.61 Å². The van der Waals surface area contributed by atoms with E-state index >= 15 is 0 Å². The Morgan fingerprint density at radius 2 is 2.14 bits per heavy atom. The second-order valence-corrected chi connectivity index (χ2v) is 5.35. The van der Waals surface area contributed by atoms with Gasteiger partial charge in [-0.25, -0.2) is 0 Å². The van der Waals surface area contributed by atoms with Gasteiger partial charge in [0.1, 0.15) is 11.5 Å². The third-order valence-corrected chi connectivity index (χ3v) is 3.76. The Hall–Kier alpha value is -1.75. The molecule has 116 valence electrons. The number of nitrogens with one attached hydrogen (secondary N) is 1. The Kier molecular flexibility index (Phi) is 5.87. The maximum atomic E-state index is 11.9. The van der Waals surface area contributed by atoms with Crippen LogP contribution in [0.4, 0.5) is 0 Å². The summed E-state index contributed by atoms with van der Waals surface area (Å²) in [5, 5.41) is 3.01. The van der Waals surface area contributed by atoms with Gasteiger partial charge in [-0.2, -0.15) is 0 Å². The van der Waals surface area contributed by atoms with Gasteiger partial charge in [0.05, 0.1) is 7.11 Å². The number of carbonyl (C=O) groups excluding carboxylic acids is 1. The number of carbonyl (C=O) groups is 1. The summed E-state index contributed by atoms with van der Waals surface area (Å²) >= 11 is 0. The fourth-order valence-corrected chi connectivity index (χ4v) is 2.66. The molecule has 0 heterocycles. The van der Waals surface area contributed by atoms with Gasteiger partial charge in [-0.1, -0.05) is 12.8 Å². The molecule has 0 saturated heterocycles. The Bertz CT molecular complexity index is 471. The van der Waals surface area contributed by atoms with Gasteiger partial charge < -0.3 is 20.5 Å². The van der Waals surface area contributed by atoms with Crippen molar-refractivity contribution in [3.05, 3.63) is 23.8 Å². The van der Waals surface area contributed by atoms with Crippen molar-refractivity contribution in [1.82, 2.24) is 5.32 Å². The van der Waals surface area contributed by atoms with Crippen LogP contribution >= 0.6 is 0 Å². The lowest BCUT2D eigenvalue weighted by atomic mass is 10.1. The summed E-state index contributed by atoms with van der Waals surface area (Å²) in [5.41, 5.74) is 6.57. The van der Waals surface area contributed by atoms with Gasteiger partial charge in [0.25, 0.3) is 5.91 Å². The highest BCUT2D eigenvalue weighted by molar-refractivity contribution is 5.77. The van der Waals surface area contributed by atoms with Crippen LogP contribution in [0.15, 0.2) is 18.2 Å². The molecular formula is C16H24N2O3. The van der Waals surface area contributed by atoms with E-state index in [1.54, 1.807) is 7.11 Å². The van der Waals surface area contributed by atoms with E-state index in [0.29, 0.717) is 24.8 Å². The van der Waals surface area contributed by atoms with Crippen LogP contribution in [0.1, 0.15) is 31.2 Å². The van der Waals surface area contributed by atoms with Crippen LogP contribution in [0, 0.1) is 0 Å². The van der Waals surface area contributed by atoms with E-state index < -0.39 is 0 Å². The molecule has 3 N–H and O–H groups in total. The molecule has 0 spiro atoms. The number of methoxy groups -OCH3 is 1. The van der Waals surface area contributed by atoms with Gasteiger partial charge in [-0.3, -0.25) is 4.79 Å². The highest BCUT2D eigenvalue weighted by Crippen LogP contribution is 2.24. The lowest BCUT2D eigenvalue weighted by molar-refractivity contribution is -0.123. The summed E-state index contributed by atoms with van der Waals surface area (Å²) in [4.78, 5) is 11.9. The van der Waals surface area contributed by atoms with Crippen molar-refractivity contribution < 1.29 is 14.3 Å². The summed E-state index contributed by atoms with van der Waals surface area (Å²) in [7, 11) is 1.62. The Labute approximate surface area is 125 Å². The lowest BCUT2D eigenvalue weighted by Gasteiger charge is -2.15. The predicted octanol–water partition coefficient (Wildman–Crippen LogP) is 1.63. The van der Waals surface area contributed by atoms with E-state index in [1.807, 2.05) is 18.2 Å². The number of nitrogens with two attached hydrogens (primary N) is 1. The second kappa shape index (κ2) is 7.88. The molecule has 1 saturated carbocycles. The van der Waals surface area contributed by atoms with Crippen molar-refractivity contribution in [3.63, 3.8) is 0 Å². The number of hydrogen-bond donors (Lipinski definition) is 2. The van der Waals surface area contributed by atoms with Crippen LogP contribution in [-0.4, -0.2) is 32.2 Å². The first-order chi connectivity index (χ1) is 10.2. The van der Waals surface area contributed by atoms with Gasteiger partial charge in [0.2, 0.25) is 0 Å². The standard InChI is InChI=1S/C16H24N2O3/c1-20-14-6-7-15(12(10-14)8-9-17)21-11-16(19)18-13-4-2-3-5-13/h6-7,10,13H,2-5,8-9,11,17H2,1H3,(H,18,19). The number of rotatable bonds is 7. The number of amides is 1. The van der Waals surface area contributed by atoms with E-state index in [4.69, 9.17) is 15.2 Å². The van der Waals surface area contributed by atoms with Crippen LogP contribution < -0.4 is 20.5 Å². The van der Waals surface area contributed by atoms with Gasteiger partial charge in [-0.05, 0) is 49.6 Å². The van der Waals surface area contributed by atoms with Crippen LogP contribution in [0.5, 0.6) is 11.5 Å². The summed E-state index contributed by atoms with van der Waals surface area (Å²) in [6.45, 7) is 0.568. The zero-order valence-electron chi connectivity index (χ0n) is 12.6. The van der Waals surface area contributed by atoms with E-state index in [2.05, 4.69) is 5.32 Å². The molecule has 1 aromatic rings. The molecule has 5 heteroatoms. The van der Waals surface area contributed by atoms with Crippen molar-refractivity contribution in [2.75, 3.05) is 20.3 Å². The normalized spacial score (nSPS) is 15.0. The molecule has 0 atom stereocenters. The molecule has 0 radical (unpaired) electrons. The van der Waals surface area contributed by atoms with E-state index in [1.165, 1.54) is 12.8 Å². The van der Waals surface area contributed by atoms with Crippen molar-refractivity contribution in [1.29, 1.82) is 0 Å². The molecule has 0 unspecified atom stereocenters. The van der Waals surface area contributed by atoms with Crippen LogP contribution in [0.2, 0.25) is 0 Å². The SMILES string of the molecule is COc1ccc(OCC(=O)NC2CCCC2)c(CCN)c1. The topological polar surface area (TPSA) is 73.6 Å². The largest absolute Gasteiger partial charge is 0.497 e. The molecule has 0 bridgehead atoms. The molecule has 21 heavy (non-hydrogen) atoms. The smallest absolute Gasteiger partial charge is 0.258 e. The fourth-order valence-electron chi connectivity index (χ4n) is 2.66. The minimum absolute atomic E-state index is 0.0421. The monoisotopic (exact) mass is 292 g/mol. The Balaban J connectivity index is 1.90. The van der Waals surface area contributed by atoms with Gasteiger partial charge in [-0.15, -0.1) is 0 Å². The van der Waals surface area contributed by atoms with Crippen molar-refractivity contribution >= 4 is 5.91 Å². The molecular weight excluding hydrogens is 268 g/mol. The Morgan fingerprint density at radius 1 is 1.38 bits per heavy atom. The molecule has 1 fully saturated rings. The van der Waals surface area contributed by atoms with Crippen LogP contribution in [-0.2, 0) is 11.2 Å². The van der Waals surface area contributed by atoms with Crippen LogP contribution in [0.25, 0.3) is 0 Å². The van der Waals surface area contributed by atoms with Crippen LogP contribution in [0.3, 0.4) is 0 Å². The molecule has 1 aliphatic rings. The molecule has 2 rings (SSSR count). The minimum Gasteiger partial charge on any atom is -0.497 e. The van der Waals surface area contributed by atoms with Crippen molar-refractivity contribution in [3.8, 4) is 11.5 Å². The first-order valence-corrected chi connectivity index (χ1v) is 7.52. The number of ether oxygens (including phenoxy) is 2.